The highest BCUT2D eigenvalue weighted by molar-refractivity contribution is 6.30. The van der Waals surface area contributed by atoms with Gasteiger partial charge in [0.1, 0.15) is 12.1 Å². The molecular weight excluding hydrogens is 636 g/mol. The fourth-order valence-electron chi connectivity index (χ4n) is 8.33. The second-order valence-corrected chi connectivity index (χ2v) is 14.4. The number of hydrogen-bond donors (Lipinski definition) is 0. The van der Waals surface area contributed by atoms with Crippen molar-refractivity contribution >= 4 is 29.3 Å². The monoisotopic (exact) mass is 678 g/mol. The summed E-state index contributed by atoms with van der Waals surface area (Å²) in [6.45, 7) is 2.64. The SMILES string of the molecule is O=C([C@H]1CN(C2c3ccc(Cl)cc3CCc3cccnc32)CCN1C(=O)OC1CCCCC1)N1CCCc2ccc(Cn3ccnc3)cc21. The quantitative estimate of drug-likeness (QED) is 0.237. The molecule has 49 heavy (non-hydrogen) atoms. The summed E-state index contributed by atoms with van der Waals surface area (Å²) in [5, 5.41) is 0.718. The first-order valence-corrected chi connectivity index (χ1v) is 18.2. The molecule has 0 spiro atoms. The molecular formula is C39H43ClN6O3. The summed E-state index contributed by atoms with van der Waals surface area (Å²) >= 11 is 6.51. The smallest absolute Gasteiger partial charge is 0.410 e. The van der Waals surface area contributed by atoms with E-state index in [0.29, 0.717) is 32.7 Å². The Morgan fingerprint density at radius 1 is 0.878 bits per heavy atom. The number of piperazine rings is 1. The van der Waals surface area contributed by atoms with Gasteiger partial charge in [0.25, 0.3) is 5.91 Å². The van der Waals surface area contributed by atoms with Gasteiger partial charge >= 0.3 is 6.09 Å². The van der Waals surface area contributed by atoms with Gasteiger partial charge in [0.15, 0.2) is 0 Å². The van der Waals surface area contributed by atoms with Crippen molar-refractivity contribution in [2.24, 2.45) is 0 Å². The highest BCUT2D eigenvalue weighted by Crippen LogP contribution is 2.39. The van der Waals surface area contributed by atoms with Crippen molar-refractivity contribution in [3.63, 3.8) is 0 Å². The number of aromatic nitrogens is 3. The number of carbonyl (C=O) groups is 2. The topological polar surface area (TPSA) is 83.8 Å². The average molecular weight is 679 g/mol. The Kier molecular flexibility index (Phi) is 9.12. The number of halogens is 1. The molecule has 0 bridgehead atoms. The minimum absolute atomic E-state index is 0.0581. The fraction of sp³-hybridized carbons (Fsp3) is 0.436. The maximum atomic E-state index is 15.0. The largest absolute Gasteiger partial charge is 0.446 e. The Bertz CT molecular complexity index is 1820. The van der Waals surface area contributed by atoms with Crippen molar-refractivity contribution in [3.05, 3.63) is 112 Å². The molecule has 2 aromatic carbocycles. The number of aryl methyl sites for hydroxylation is 3. The van der Waals surface area contributed by atoms with Gasteiger partial charge in [0.05, 0.1) is 18.1 Å². The van der Waals surface area contributed by atoms with E-state index in [0.717, 1.165) is 78.9 Å². The highest BCUT2D eigenvalue weighted by Gasteiger charge is 2.43. The van der Waals surface area contributed by atoms with E-state index in [4.69, 9.17) is 21.3 Å². The zero-order valence-corrected chi connectivity index (χ0v) is 28.6. The fourth-order valence-corrected chi connectivity index (χ4v) is 8.53. The van der Waals surface area contributed by atoms with Crippen molar-refractivity contribution in [2.75, 3.05) is 31.1 Å². The Morgan fingerprint density at radius 3 is 2.61 bits per heavy atom. The number of amides is 2. The predicted octanol–water partition coefficient (Wildman–Crippen LogP) is 6.60. The number of hydrogen-bond acceptors (Lipinski definition) is 6. The molecule has 0 N–H and O–H groups in total. The zero-order chi connectivity index (χ0) is 33.3. The normalized spacial score (nSPS) is 21.3. The van der Waals surface area contributed by atoms with Gasteiger partial charge in [-0.1, -0.05) is 42.3 Å². The van der Waals surface area contributed by atoms with Crippen LogP contribution in [0.15, 0.2) is 73.4 Å². The lowest BCUT2D eigenvalue weighted by molar-refractivity contribution is -0.126. The average Bonchev–Trinajstić information content (AvgIpc) is 3.59. The molecule has 4 heterocycles. The second-order valence-electron chi connectivity index (χ2n) is 13.9. The number of fused-ring (bicyclic) bond motifs is 3. The van der Waals surface area contributed by atoms with Gasteiger partial charge in [0.2, 0.25) is 0 Å². The molecule has 2 aliphatic heterocycles. The summed E-state index contributed by atoms with van der Waals surface area (Å²) in [5.41, 5.74) is 7.79. The number of anilines is 1. The first-order valence-electron chi connectivity index (χ1n) is 17.8. The number of benzene rings is 2. The Labute approximate surface area is 292 Å². The standard InChI is InChI=1S/C39H43ClN6O3/c40-31-14-15-33-30(23-31)13-12-29-6-4-16-42-36(29)37(33)44-20-21-46(39(48)49-32-8-2-1-3-9-32)35(25-44)38(47)45-18-5-7-28-11-10-27(22-34(28)45)24-43-19-17-41-26-43/h4,6,10-11,14-17,19,22-23,26,32,35,37H,1-3,5,7-9,12-13,18,20-21,24-25H2/t35-,37?/m1/s1. The molecule has 1 saturated carbocycles. The van der Waals surface area contributed by atoms with Crippen LogP contribution in [0.2, 0.25) is 5.02 Å². The van der Waals surface area contributed by atoms with E-state index in [1.807, 2.05) is 34.0 Å². The van der Waals surface area contributed by atoms with Crippen LogP contribution in [0.1, 0.15) is 78.1 Å². The van der Waals surface area contributed by atoms with Gasteiger partial charge in [-0.15, -0.1) is 0 Å². The van der Waals surface area contributed by atoms with Gasteiger partial charge in [0, 0.05) is 62.0 Å². The maximum absolute atomic E-state index is 15.0. The highest BCUT2D eigenvalue weighted by atomic mass is 35.5. The van der Waals surface area contributed by atoms with Gasteiger partial charge in [-0.2, -0.15) is 0 Å². The van der Waals surface area contributed by atoms with Crippen LogP contribution in [0.25, 0.3) is 0 Å². The molecule has 2 amide bonds. The van der Waals surface area contributed by atoms with E-state index in [-0.39, 0.29) is 24.1 Å². The van der Waals surface area contributed by atoms with Gasteiger partial charge in [-0.3, -0.25) is 19.6 Å². The Morgan fingerprint density at radius 2 is 1.76 bits per heavy atom. The molecule has 0 radical (unpaired) electrons. The molecule has 2 aromatic heterocycles. The van der Waals surface area contributed by atoms with E-state index in [9.17, 15) is 9.59 Å². The molecule has 254 valence electrons. The summed E-state index contributed by atoms with van der Waals surface area (Å²) < 4.78 is 8.16. The van der Waals surface area contributed by atoms with Crippen LogP contribution in [0, 0.1) is 0 Å². The van der Waals surface area contributed by atoms with Crippen molar-refractivity contribution in [1.29, 1.82) is 0 Å². The lowest BCUT2D eigenvalue weighted by Gasteiger charge is -2.45. The van der Waals surface area contributed by atoms with Crippen molar-refractivity contribution in [1.82, 2.24) is 24.3 Å². The van der Waals surface area contributed by atoms with Crippen LogP contribution >= 0.6 is 11.6 Å². The summed E-state index contributed by atoms with van der Waals surface area (Å²) in [4.78, 5) is 44.1. The van der Waals surface area contributed by atoms with Gasteiger partial charge in [-0.25, -0.2) is 9.78 Å². The summed E-state index contributed by atoms with van der Waals surface area (Å²) in [7, 11) is 0. The molecule has 10 heteroatoms. The van der Waals surface area contributed by atoms with E-state index in [1.165, 1.54) is 23.1 Å². The minimum atomic E-state index is -0.709. The molecule has 1 unspecified atom stereocenters. The molecule has 4 aliphatic rings. The maximum Gasteiger partial charge on any atom is 0.410 e. The Balaban J connectivity index is 1.14. The van der Waals surface area contributed by atoms with Crippen molar-refractivity contribution in [2.45, 2.75) is 82.5 Å². The lowest BCUT2D eigenvalue weighted by Crippen LogP contribution is -2.62. The van der Waals surface area contributed by atoms with Crippen LogP contribution in [-0.4, -0.2) is 74.7 Å². The van der Waals surface area contributed by atoms with E-state index >= 15 is 0 Å². The van der Waals surface area contributed by atoms with E-state index in [1.54, 1.807) is 17.4 Å². The van der Waals surface area contributed by atoms with Crippen molar-refractivity contribution < 1.29 is 14.3 Å². The third-order valence-corrected chi connectivity index (χ3v) is 11.1. The minimum Gasteiger partial charge on any atom is -0.446 e. The van der Waals surface area contributed by atoms with Gasteiger partial charge in [-0.05, 0) is 103 Å². The molecule has 4 aromatic rings. The van der Waals surface area contributed by atoms with Crippen LogP contribution in [0.3, 0.4) is 0 Å². The molecule has 8 rings (SSSR count). The third kappa shape index (κ3) is 6.58. The molecule has 2 atom stereocenters. The van der Waals surface area contributed by atoms with E-state index in [2.05, 4.69) is 46.3 Å². The first kappa shape index (κ1) is 32.0. The molecule has 2 fully saturated rings. The predicted molar refractivity (Wildman–Crippen MR) is 189 cm³/mol. The van der Waals surface area contributed by atoms with Crippen molar-refractivity contribution in [3.8, 4) is 0 Å². The number of nitrogens with zero attached hydrogens (tertiary/aromatic N) is 6. The van der Waals surface area contributed by atoms with E-state index < -0.39 is 6.04 Å². The van der Waals surface area contributed by atoms with Gasteiger partial charge < -0.3 is 14.2 Å². The lowest BCUT2D eigenvalue weighted by atomic mass is 9.94. The van der Waals surface area contributed by atoms with Crippen LogP contribution < -0.4 is 4.90 Å². The summed E-state index contributed by atoms with van der Waals surface area (Å²) in [6, 6.07) is 15.9. The van der Waals surface area contributed by atoms with Crippen LogP contribution in [0.5, 0.6) is 0 Å². The first-order chi connectivity index (χ1) is 24.0. The molecule has 1 saturated heterocycles. The number of carbonyl (C=O) groups excluding carboxylic acids is 2. The zero-order valence-electron chi connectivity index (χ0n) is 27.8. The third-order valence-electron chi connectivity index (χ3n) is 10.8. The molecule has 2 aliphatic carbocycles. The number of imidazole rings is 1. The van der Waals surface area contributed by atoms with Crippen LogP contribution in [0.4, 0.5) is 10.5 Å². The Hall–Kier alpha value is -4.21. The number of rotatable bonds is 5. The second kappa shape index (κ2) is 14.0. The summed E-state index contributed by atoms with van der Waals surface area (Å²) in [5.74, 6) is -0.0581. The number of pyridine rings is 1. The molecule has 9 nitrogen and oxygen atoms in total. The van der Waals surface area contributed by atoms with Crippen LogP contribution in [-0.2, 0) is 35.3 Å². The summed E-state index contributed by atoms with van der Waals surface area (Å²) in [6.07, 6.45) is 15.5. The number of ether oxygens (including phenoxy) is 1.